The summed E-state index contributed by atoms with van der Waals surface area (Å²) in [5.41, 5.74) is 0. The van der Waals surface area contributed by atoms with E-state index in [1.54, 1.807) is 0 Å². The molecule has 0 aromatic carbocycles. The van der Waals surface area contributed by atoms with Gasteiger partial charge in [0.15, 0.2) is 5.03 Å². The van der Waals surface area contributed by atoms with E-state index < -0.39 is 9.84 Å². The number of sulfone groups is 1. The summed E-state index contributed by atoms with van der Waals surface area (Å²) < 4.78 is 22.3. The Morgan fingerprint density at radius 3 is 2.91 bits per heavy atom. The van der Waals surface area contributed by atoms with Gasteiger partial charge in [-0.3, -0.25) is 5.10 Å². The Hall–Kier alpha value is -1.10. The highest BCUT2D eigenvalue weighted by molar-refractivity contribution is 7.91. The highest BCUT2D eigenvalue weighted by atomic mass is 32.2. The lowest BCUT2D eigenvalue weighted by atomic mass is 10.7. The Labute approximate surface area is 64.9 Å². The molecule has 0 atom stereocenters. The van der Waals surface area contributed by atoms with Crippen molar-refractivity contribution in [3.8, 4) is 0 Å². The Balaban J connectivity index is 3.01. The van der Waals surface area contributed by atoms with Crippen molar-refractivity contribution in [1.29, 1.82) is 0 Å². The van der Waals surface area contributed by atoms with Gasteiger partial charge in [-0.2, -0.15) is 5.10 Å². The molecule has 0 saturated heterocycles. The van der Waals surface area contributed by atoms with Crippen molar-refractivity contribution < 1.29 is 8.42 Å². The molecule has 0 bridgehead atoms. The minimum atomic E-state index is -3.23. The third-order valence-electron chi connectivity index (χ3n) is 1.13. The third-order valence-corrected chi connectivity index (χ3v) is 2.67. The Kier molecular flexibility index (Phi) is 2.09. The molecule has 1 aromatic rings. The van der Waals surface area contributed by atoms with E-state index in [4.69, 9.17) is 0 Å². The van der Waals surface area contributed by atoms with Crippen molar-refractivity contribution in [3.05, 3.63) is 24.9 Å². The number of hydrogen-bond donors (Lipinski definition) is 1. The van der Waals surface area contributed by atoms with Gasteiger partial charge < -0.3 is 0 Å². The van der Waals surface area contributed by atoms with E-state index in [1.165, 1.54) is 18.3 Å². The lowest BCUT2D eigenvalue weighted by molar-refractivity contribution is 0.595. The van der Waals surface area contributed by atoms with Crippen LogP contribution in [-0.4, -0.2) is 24.4 Å². The van der Waals surface area contributed by atoms with Crippen LogP contribution < -0.4 is 0 Å². The molecule has 0 unspecified atom stereocenters. The van der Waals surface area contributed by atoms with Crippen LogP contribution in [0.1, 0.15) is 0 Å². The van der Waals surface area contributed by atoms with Crippen LogP contribution in [0.5, 0.6) is 0 Å². The van der Waals surface area contributed by atoms with Gasteiger partial charge in [0.1, 0.15) is 0 Å². The van der Waals surface area contributed by atoms with Crippen LogP contribution in [0.3, 0.4) is 0 Å². The number of aromatic nitrogens is 2. The maximum Gasteiger partial charge on any atom is 0.200 e. The Morgan fingerprint density at radius 1 is 1.73 bits per heavy atom. The van der Waals surface area contributed by atoms with Crippen LogP contribution >= 0.6 is 0 Å². The van der Waals surface area contributed by atoms with Crippen LogP contribution in [0, 0.1) is 0 Å². The summed E-state index contributed by atoms with van der Waals surface area (Å²) in [5, 5.41) is 6.04. The quantitative estimate of drug-likeness (QED) is 0.670. The molecule has 5 heteroatoms. The Morgan fingerprint density at radius 2 is 2.45 bits per heavy atom. The van der Waals surface area contributed by atoms with Crippen molar-refractivity contribution in [2.24, 2.45) is 0 Å². The molecule has 0 fully saturated rings. The second-order valence-electron chi connectivity index (χ2n) is 1.98. The van der Waals surface area contributed by atoms with Crippen LogP contribution in [0.15, 0.2) is 29.9 Å². The molecule has 1 aromatic heterocycles. The highest BCUT2D eigenvalue weighted by Gasteiger charge is 2.13. The first-order chi connectivity index (χ1) is 5.17. The molecular formula is C6H8N2O2S. The first-order valence-electron chi connectivity index (χ1n) is 3.00. The zero-order valence-electron chi connectivity index (χ0n) is 5.82. The minimum Gasteiger partial charge on any atom is -0.284 e. The van der Waals surface area contributed by atoms with Crippen molar-refractivity contribution in [3.63, 3.8) is 0 Å². The predicted octanol–water partition coefficient (Wildman–Crippen LogP) is 0.369. The number of nitrogens with one attached hydrogen (secondary N) is 1. The first kappa shape index (κ1) is 8.00. The molecule has 0 aliphatic rings. The summed E-state index contributed by atoms with van der Waals surface area (Å²) >= 11 is 0. The van der Waals surface area contributed by atoms with Gasteiger partial charge in [-0.25, -0.2) is 8.42 Å². The average Bonchev–Trinajstić information content (AvgIpc) is 2.37. The molecule has 1 rings (SSSR count). The van der Waals surface area contributed by atoms with Gasteiger partial charge in [0, 0.05) is 6.20 Å². The van der Waals surface area contributed by atoms with E-state index in [2.05, 4.69) is 16.8 Å². The second-order valence-corrected chi connectivity index (χ2v) is 3.96. The Bertz CT molecular complexity index is 325. The van der Waals surface area contributed by atoms with Crippen LogP contribution in [-0.2, 0) is 9.84 Å². The van der Waals surface area contributed by atoms with E-state index in [0.29, 0.717) is 0 Å². The van der Waals surface area contributed by atoms with E-state index in [0.717, 1.165) is 0 Å². The van der Waals surface area contributed by atoms with Gasteiger partial charge in [-0.05, 0) is 6.07 Å². The highest BCUT2D eigenvalue weighted by Crippen LogP contribution is 2.04. The molecule has 0 saturated carbocycles. The van der Waals surface area contributed by atoms with Gasteiger partial charge in [-0.1, -0.05) is 6.08 Å². The van der Waals surface area contributed by atoms with Crippen LogP contribution in [0.4, 0.5) is 0 Å². The topological polar surface area (TPSA) is 62.8 Å². The molecular weight excluding hydrogens is 164 g/mol. The molecule has 60 valence electrons. The second kappa shape index (κ2) is 2.87. The van der Waals surface area contributed by atoms with E-state index in [-0.39, 0.29) is 10.8 Å². The summed E-state index contributed by atoms with van der Waals surface area (Å²) in [7, 11) is -3.23. The molecule has 0 aliphatic carbocycles. The van der Waals surface area contributed by atoms with E-state index in [1.807, 2.05) is 0 Å². The summed E-state index contributed by atoms with van der Waals surface area (Å²) in [6.45, 7) is 3.34. The van der Waals surface area contributed by atoms with Gasteiger partial charge in [-0.15, -0.1) is 6.58 Å². The molecule has 0 aliphatic heterocycles. The zero-order chi connectivity index (χ0) is 8.32. The molecule has 0 radical (unpaired) electrons. The van der Waals surface area contributed by atoms with Crippen LogP contribution in [0.2, 0.25) is 0 Å². The van der Waals surface area contributed by atoms with Crippen molar-refractivity contribution in [2.75, 3.05) is 5.75 Å². The maximum atomic E-state index is 11.1. The fraction of sp³-hybridized carbons (Fsp3) is 0.167. The van der Waals surface area contributed by atoms with Gasteiger partial charge in [0.25, 0.3) is 0 Å². The summed E-state index contributed by atoms with van der Waals surface area (Å²) in [6.07, 6.45) is 2.81. The fourth-order valence-corrected chi connectivity index (χ4v) is 1.61. The number of rotatable bonds is 3. The van der Waals surface area contributed by atoms with E-state index >= 15 is 0 Å². The first-order valence-corrected chi connectivity index (χ1v) is 4.65. The minimum absolute atomic E-state index is 0.0670. The molecule has 4 nitrogen and oxygen atoms in total. The number of H-pyrrole nitrogens is 1. The monoisotopic (exact) mass is 172 g/mol. The molecule has 1 N–H and O–H groups in total. The van der Waals surface area contributed by atoms with Gasteiger partial charge in [0.05, 0.1) is 5.75 Å². The van der Waals surface area contributed by atoms with Crippen molar-refractivity contribution >= 4 is 9.84 Å². The van der Waals surface area contributed by atoms with E-state index in [9.17, 15) is 8.42 Å². The van der Waals surface area contributed by atoms with Crippen molar-refractivity contribution in [2.45, 2.75) is 5.03 Å². The normalized spacial score (nSPS) is 11.3. The average molecular weight is 172 g/mol. The number of nitrogens with zero attached hydrogens (tertiary/aromatic N) is 1. The molecule has 11 heavy (non-hydrogen) atoms. The predicted molar refractivity (Wildman–Crippen MR) is 40.8 cm³/mol. The smallest absolute Gasteiger partial charge is 0.200 e. The largest absolute Gasteiger partial charge is 0.284 e. The molecule has 0 spiro atoms. The van der Waals surface area contributed by atoms with Crippen molar-refractivity contribution in [1.82, 2.24) is 10.2 Å². The fourth-order valence-electron chi connectivity index (χ4n) is 0.660. The third kappa shape index (κ3) is 1.68. The summed E-state index contributed by atoms with van der Waals surface area (Å²) in [4.78, 5) is 0. The standard InChI is InChI=1S/C6H8N2O2S/c1-2-5-11(9,10)6-3-4-7-8-6/h2-4H,1,5H2,(H,7,8). The molecule has 1 heterocycles. The SMILES string of the molecule is C=CCS(=O)(=O)c1cc[nH]n1. The van der Waals surface area contributed by atoms with Crippen LogP contribution in [0.25, 0.3) is 0 Å². The summed E-state index contributed by atoms with van der Waals surface area (Å²) in [5.74, 6) is -0.0716. The maximum absolute atomic E-state index is 11.1. The zero-order valence-corrected chi connectivity index (χ0v) is 6.63. The summed E-state index contributed by atoms with van der Waals surface area (Å²) in [6, 6.07) is 1.42. The number of hydrogen-bond acceptors (Lipinski definition) is 3. The lowest BCUT2D eigenvalue weighted by Crippen LogP contribution is -2.04. The van der Waals surface area contributed by atoms with Gasteiger partial charge >= 0.3 is 0 Å². The lowest BCUT2D eigenvalue weighted by Gasteiger charge is -1.92. The molecule has 0 amide bonds. The van der Waals surface area contributed by atoms with Gasteiger partial charge in [0.2, 0.25) is 9.84 Å². The number of aromatic amines is 1.